The van der Waals surface area contributed by atoms with E-state index in [0.29, 0.717) is 22.9 Å². The zero-order valence-corrected chi connectivity index (χ0v) is 13.5. The summed E-state index contributed by atoms with van der Waals surface area (Å²) in [4.78, 5) is 0. The lowest BCUT2D eigenvalue weighted by Crippen LogP contribution is -2.42. The second kappa shape index (κ2) is 5.85. The molecule has 0 aromatic heterocycles. The van der Waals surface area contributed by atoms with E-state index in [9.17, 15) is 4.39 Å². The number of halogens is 1. The maximum Gasteiger partial charge on any atom is 0.126 e. The van der Waals surface area contributed by atoms with E-state index in [4.69, 9.17) is 0 Å². The molecule has 0 heterocycles. The molecule has 0 saturated heterocycles. The molecule has 1 aliphatic rings. The molecular weight excluding hydrogens is 249 g/mol. The van der Waals surface area contributed by atoms with Crippen molar-refractivity contribution < 1.29 is 4.39 Å². The molecule has 1 saturated carbocycles. The van der Waals surface area contributed by atoms with Crippen LogP contribution in [0.3, 0.4) is 0 Å². The number of hydrogen-bond acceptors (Lipinski definition) is 1. The average molecular weight is 277 g/mol. The summed E-state index contributed by atoms with van der Waals surface area (Å²) in [5.74, 6) is 0.575. The Hall–Kier alpha value is -0.890. The normalized spacial score (nSPS) is 27.3. The molecule has 2 heteroatoms. The average Bonchev–Trinajstić information content (AvgIpc) is 2.35. The fourth-order valence-electron chi connectivity index (χ4n) is 3.49. The van der Waals surface area contributed by atoms with Crippen molar-refractivity contribution in [3.63, 3.8) is 0 Å². The van der Waals surface area contributed by atoms with E-state index in [1.165, 1.54) is 19.3 Å². The minimum Gasteiger partial charge on any atom is -0.307 e. The van der Waals surface area contributed by atoms with Gasteiger partial charge in [-0.1, -0.05) is 32.9 Å². The highest BCUT2D eigenvalue weighted by Crippen LogP contribution is 2.39. The summed E-state index contributed by atoms with van der Waals surface area (Å²) in [7, 11) is 0. The van der Waals surface area contributed by atoms with E-state index in [0.717, 1.165) is 5.56 Å². The predicted molar refractivity (Wildman–Crippen MR) is 83.3 cm³/mol. The molecule has 2 rings (SSSR count). The van der Waals surface area contributed by atoms with Crippen molar-refractivity contribution >= 4 is 0 Å². The van der Waals surface area contributed by atoms with Crippen molar-refractivity contribution in [1.82, 2.24) is 5.32 Å². The molecule has 112 valence electrons. The molecule has 1 N–H and O–H groups in total. The Morgan fingerprint density at radius 2 is 2.05 bits per heavy atom. The molecule has 1 fully saturated rings. The fraction of sp³-hybridized carbons (Fsp3) is 0.667. The monoisotopic (exact) mass is 277 g/mol. The van der Waals surface area contributed by atoms with E-state index in [1.807, 2.05) is 19.1 Å². The van der Waals surface area contributed by atoms with Gasteiger partial charge in [-0.2, -0.15) is 0 Å². The zero-order valence-electron chi connectivity index (χ0n) is 13.5. The highest BCUT2D eigenvalue weighted by Gasteiger charge is 2.32. The van der Waals surface area contributed by atoms with E-state index in [1.54, 1.807) is 6.07 Å². The van der Waals surface area contributed by atoms with Gasteiger partial charge in [0.05, 0.1) is 0 Å². The molecule has 1 aromatic rings. The molecule has 20 heavy (non-hydrogen) atoms. The van der Waals surface area contributed by atoms with Gasteiger partial charge in [0, 0.05) is 12.1 Å². The predicted octanol–water partition coefficient (Wildman–Crippen LogP) is 5.00. The van der Waals surface area contributed by atoms with Crippen LogP contribution in [0, 0.1) is 24.1 Å². The van der Waals surface area contributed by atoms with E-state index in [2.05, 4.69) is 33.0 Å². The highest BCUT2D eigenvalue weighted by molar-refractivity contribution is 5.25. The van der Waals surface area contributed by atoms with Crippen LogP contribution >= 0.6 is 0 Å². The van der Waals surface area contributed by atoms with Gasteiger partial charge >= 0.3 is 0 Å². The fourth-order valence-corrected chi connectivity index (χ4v) is 3.49. The molecule has 0 aliphatic heterocycles. The second-order valence-corrected chi connectivity index (χ2v) is 7.39. The lowest BCUT2D eigenvalue weighted by molar-refractivity contribution is 0.143. The summed E-state index contributed by atoms with van der Waals surface area (Å²) in [6.07, 6.45) is 3.75. The van der Waals surface area contributed by atoms with Crippen molar-refractivity contribution in [3.05, 3.63) is 35.1 Å². The van der Waals surface area contributed by atoms with Crippen LogP contribution in [0.25, 0.3) is 0 Å². The number of rotatable bonds is 3. The molecule has 3 unspecified atom stereocenters. The standard InChI is InChI=1S/C18H28FN/c1-12-6-7-15(10-16(12)19)14(3)20-17-8-9-18(4,5)11-13(17)2/h6-7,10,13-14,17,20H,8-9,11H2,1-5H3. The SMILES string of the molecule is Cc1ccc(C(C)NC2CCC(C)(C)CC2C)cc1F. The molecule has 1 aliphatic carbocycles. The van der Waals surface area contributed by atoms with Gasteiger partial charge in [0.2, 0.25) is 0 Å². The lowest BCUT2D eigenvalue weighted by Gasteiger charge is -2.40. The van der Waals surface area contributed by atoms with Gasteiger partial charge in [-0.15, -0.1) is 0 Å². The van der Waals surface area contributed by atoms with Crippen molar-refractivity contribution in [3.8, 4) is 0 Å². The first-order valence-electron chi connectivity index (χ1n) is 7.80. The van der Waals surface area contributed by atoms with Crippen LogP contribution in [-0.2, 0) is 0 Å². The van der Waals surface area contributed by atoms with E-state index in [-0.39, 0.29) is 11.9 Å². The van der Waals surface area contributed by atoms with Crippen LogP contribution in [0.5, 0.6) is 0 Å². The van der Waals surface area contributed by atoms with Crippen molar-refractivity contribution in [2.75, 3.05) is 0 Å². The Bertz CT molecular complexity index is 466. The molecule has 0 amide bonds. The Morgan fingerprint density at radius 3 is 2.65 bits per heavy atom. The summed E-state index contributed by atoms with van der Waals surface area (Å²) >= 11 is 0. The maximum absolute atomic E-state index is 13.7. The molecule has 0 bridgehead atoms. The van der Waals surface area contributed by atoms with Crippen molar-refractivity contribution in [2.24, 2.45) is 11.3 Å². The van der Waals surface area contributed by atoms with Crippen LogP contribution in [0.15, 0.2) is 18.2 Å². The van der Waals surface area contributed by atoms with Gasteiger partial charge in [-0.05, 0) is 61.6 Å². The quantitative estimate of drug-likeness (QED) is 0.820. The Morgan fingerprint density at radius 1 is 1.35 bits per heavy atom. The number of hydrogen-bond donors (Lipinski definition) is 1. The van der Waals surface area contributed by atoms with Crippen LogP contribution in [0.1, 0.15) is 64.1 Å². The third kappa shape index (κ3) is 3.60. The first kappa shape index (κ1) is 15.5. The molecule has 1 nitrogen and oxygen atoms in total. The summed E-state index contributed by atoms with van der Waals surface area (Å²) in [5, 5.41) is 3.70. The summed E-state index contributed by atoms with van der Waals surface area (Å²) in [5.41, 5.74) is 2.23. The van der Waals surface area contributed by atoms with Crippen LogP contribution in [0.4, 0.5) is 4.39 Å². The Labute approximate surface area is 123 Å². The zero-order chi connectivity index (χ0) is 14.9. The van der Waals surface area contributed by atoms with Crippen molar-refractivity contribution in [2.45, 2.75) is 66.0 Å². The summed E-state index contributed by atoms with van der Waals surface area (Å²) in [6, 6.07) is 6.33. The third-order valence-corrected chi connectivity index (χ3v) is 4.85. The van der Waals surface area contributed by atoms with E-state index >= 15 is 0 Å². The van der Waals surface area contributed by atoms with Gasteiger partial charge in [0.25, 0.3) is 0 Å². The largest absolute Gasteiger partial charge is 0.307 e. The van der Waals surface area contributed by atoms with Gasteiger partial charge in [-0.3, -0.25) is 0 Å². The van der Waals surface area contributed by atoms with Gasteiger partial charge in [0.1, 0.15) is 5.82 Å². The van der Waals surface area contributed by atoms with Crippen LogP contribution in [-0.4, -0.2) is 6.04 Å². The molecule has 3 atom stereocenters. The van der Waals surface area contributed by atoms with Crippen LogP contribution in [0.2, 0.25) is 0 Å². The lowest BCUT2D eigenvalue weighted by atomic mass is 9.70. The number of benzene rings is 1. The molecule has 0 spiro atoms. The van der Waals surface area contributed by atoms with Crippen LogP contribution < -0.4 is 5.32 Å². The highest BCUT2D eigenvalue weighted by atomic mass is 19.1. The first-order valence-corrected chi connectivity index (χ1v) is 7.80. The summed E-state index contributed by atoms with van der Waals surface area (Å²) < 4.78 is 13.7. The molecule has 0 radical (unpaired) electrons. The molecule has 1 aromatic carbocycles. The maximum atomic E-state index is 13.7. The third-order valence-electron chi connectivity index (χ3n) is 4.85. The smallest absolute Gasteiger partial charge is 0.126 e. The topological polar surface area (TPSA) is 12.0 Å². The van der Waals surface area contributed by atoms with Crippen molar-refractivity contribution in [1.29, 1.82) is 0 Å². The molecular formula is C18H28FN. The summed E-state index contributed by atoms with van der Waals surface area (Å²) in [6.45, 7) is 11.0. The minimum atomic E-state index is -0.103. The van der Waals surface area contributed by atoms with E-state index < -0.39 is 0 Å². The van der Waals surface area contributed by atoms with Gasteiger partial charge in [-0.25, -0.2) is 4.39 Å². The Kier molecular flexibility index (Phi) is 4.53. The number of nitrogens with one attached hydrogen (secondary N) is 1. The number of aryl methyl sites for hydroxylation is 1. The second-order valence-electron chi connectivity index (χ2n) is 7.39. The Balaban J connectivity index is 2.01. The minimum absolute atomic E-state index is 0.103. The first-order chi connectivity index (χ1) is 9.28. The van der Waals surface area contributed by atoms with Gasteiger partial charge in [0.15, 0.2) is 0 Å². The van der Waals surface area contributed by atoms with Gasteiger partial charge < -0.3 is 5.32 Å².